The third-order valence-corrected chi connectivity index (χ3v) is 7.36. The Hall–Kier alpha value is -2.91. The fraction of sp³-hybridized carbons (Fsp3) is 0.440. The maximum atomic E-state index is 13.5. The minimum Gasteiger partial charge on any atom is -0.354 e. The Morgan fingerprint density at radius 1 is 0.971 bits per heavy atom. The molecule has 9 heteroatoms. The molecule has 8 nitrogen and oxygen atoms in total. The highest BCUT2D eigenvalue weighted by Gasteiger charge is 2.32. The second kappa shape index (κ2) is 13.1. The van der Waals surface area contributed by atoms with Crippen molar-refractivity contribution in [1.29, 1.82) is 0 Å². The van der Waals surface area contributed by atoms with Gasteiger partial charge < -0.3 is 10.2 Å². The lowest BCUT2D eigenvalue weighted by molar-refractivity contribution is -0.138. The number of nitrogens with zero attached hydrogens (tertiary/aromatic N) is 3. The van der Waals surface area contributed by atoms with Crippen LogP contribution in [0.1, 0.15) is 32.3 Å². The molecule has 0 saturated carbocycles. The highest BCUT2D eigenvalue weighted by molar-refractivity contribution is 7.90. The maximum absolute atomic E-state index is 13.5. The van der Waals surface area contributed by atoms with Crippen molar-refractivity contribution < 1.29 is 18.0 Å². The van der Waals surface area contributed by atoms with Crippen LogP contribution in [0.3, 0.4) is 0 Å². The quantitative estimate of drug-likeness (QED) is 0.439. The molecule has 2 amide bonds. The van der Waals surface area contributed by atoms with Gasteiger partial charge in [0.25, 0.3) is 0 Å². The van der Waals surface area contributed by atoms with Crippen LogP contribution in [0.15, 0.2) is 60.7 Å². The van der Waals surface area contributed by atoms with Gasteiger partial charge in [-0.2, -0.15) is 12.7 Å². The average Bonchev–Trinajstić information content (AvgIpc) is 2.83. The van der Waals surface area contributed by atoms with Gasteiger partial charge in [0.15, 0.2) is 0 Å². The minimum absolute atomic E-state index is 0.253. The topological polar surface area (TPSA) is 90.0 Å². The first kappa shape index (κ1) is 27.3. The van der Waals surface area contributed by atoms with E-state index in [2.05, 4.69) is 5.32 Å². The van der Waals surface area contributed by atoms with Gasteiger partial charge in [-0.3, -0.25) is 9.59 Å². The van der Waals surface area contributed by atoms with Crippen molar-refractivity contribution in [2.24, 2.45) is 0 Å². The number of hydrogen-bond donors (Lipinski definition) is 1. The van der Waals surface area contributed by atoms with Gasteiger partial charge in [-0.25, -0.2) is 4.31 Å². The Morgan fingerprint density at radius 2 is 1.56 bits per heavy atom. The van der Waals surface area contributed by atoms with Crippen LogP contribution in [0.4, 0.5) is 5.69 Å². The summed E-state index contributed by atoms with van der Waals surface area (Å²) in [5.74, 6) is -0.694. The Morgan fingerprint density at radius 3 is 2.12 bits per heavy atom. The summed E-state index contributed by atoms with van der Waals surface area (Å²) < 4.78 is 28.2. The van der Waals surface area contributed by atoms with Gasteiger partial charge in [0, 0.05) is 27.2 Å². The summed E-state index contributed by atoms with van der Waals surface area (Å²) in [4.78, 5) is 27.8. The van der Waals surface area contributed by atoms with E-state index in [1.807, 2.05) is 37.3 Å². The Balaban J connectivity index is 2.30. The van der Waals surface area contributed by atoms with E-state index in [0.717, 1.165) is 27.0 Å². The highest BCUT2D eigenvalue weighted by Crippen LogP contribution is 2.20. The smallest absolute Gasteiger partial charge is 0.304 e. The first-order chi connectivity index (χ1) is 16.2. The highest BCUT2D eigenvalue weighted by atomic mass is 32.2. The molecule has 0 aliphatic heterocycles. The van der Waals surface area contributed by atoms with Gasteiger partial charge in [0.1, 0.15) is 12.6 Å². The molecule has 0 heterocycles. The van der Waals surface area contributed by atoms with Crippen LogP contribution in [-0.4, -0.2) is 69.2 Å². The van der Waals surface area contributed by atoms with Crippen molar-refractivity contribution in [3.63, 3.8) is 0 Å². The lowest BCUT2D eigenvalue weighted by Gasteiger charge is -2.32. The summed E-state index contributed by atoms with van der Waals surface area (Å²) in [6.07, 6.45) is 2.34. The molecule has 2 aromatic rings. The Bertz CT molecular complexity index is 1010. The van der Waals surface area contributed by atoms with E-state index in [4.69, 9.17) is 0 Å². The third-order valence-electron chi connectivity index (χ3n) is 5.54. The molecule has 34 heavy (non-hydrogen) atoms. The van der Waals surface area contributed by atoms with E-state index in [-0.39, 0.29) is 12.5 Å². The van der Waals surface area contributed by atoms with Crippen molar-refractivity contribution in [1.82, 2.24) is 14.5 Å². The number of benzene rings is 2. The number of amides is 2. The SMILES string of the molecule is CCCCNC(=O)C(C)N(CCc1ccccc1)C(=O)CN(c1ccccc1)S(=O)(=O)N(C)C. The molecule has 0 spiro atoms. The van der Waals surface area contributed by atoms with Crippen molar-refractivity contribution in [3.05, 3.63) is 66.2 Å². The summed E-state index contributed by atoms with van der Waals surface area (Å²) in [6, 6.07) is 17.4. The summed E-state index contributed by atoms with van der Waals surface area (Å²) >= 11 is 0. The predicted octanol–water partition coefficient (Wildman–Crippen LogP) is 2.68. The molecule has 0 bridgehead atoms. The number of nitrogens with one attached hydrogen (secondary N) is 1. The lowest BCUT2D eigenvalue weighted by Crippen LogP contribution is -2.53. The normalized spacial score (nSPS) is 12.3. The molecule has 0 aliphatic rings. The standard InChI is InChI=1S/C25H36N4O4S/c1-5-6-18-26-25(31)21(2)28(19-17-22-13-9-7-10-14-22)24(30)20-29(34(32,33)27(3)4)23-15-11-8-12-16-23/h7-16,21H,5-6,17-20H2,1-4H3,(H,26,31). The van der Waals surface area contributed by atoms with Crippen molar-refractivity contribution >= 4 is 27.7 Å². The van der Waals surface area contributed by atoms with Gasteiger partial charge in [0.2, 0.25) is 11.8 Å². The van der Waals surface area contributed by atoms with Crippen LogP contribution in [-0.2, 0) is 26.2 Å². The van der Waals surface area contributed by atoms with Crippen LogP contribution in [0, 0.1) is 0 Å². The van der Waals surface area contributed by atoms with Gasteiger partial charge in [-0.1, -0.05) is 61.9 Å². The number of para-hydroxylation sites is 1. The van der Waals surface area contributed by atoms with Crippen LogP contribution in [0.25, 0.3) is 0 Å². The first-order valence-electron chi connectivity index (χ1n) is 11.5. The molecule has 2 rings (SSSR count). The number of hydrogen-bond acceptors (Lipinski definition) is 4. The van der Waals surface area contributed by atoms with E-state index in [0.29, 0.717) is 18.7 Å². The Kier molecular flexibility index (Phi) is 10.5. The molecule has 0 saturated heterocycles. The number of rotatable bonds is 13. The van der Waals surface area contributed by atoms with E-state index < -0.39 is 28.7 Å². The maximum Gasteiger partial charge on any atom is 0.304 e. The predicted molar refractivity (Wildman–Crippen MR) is 136 cm³/mol. The second-order valence-electron chi connectivity index (χ2n) is 8.28. The van der Waals surface area contributed by atoms with Crippen molar-refractivity contribution in [2.75, 3.05) is 38.0 Å². The van der Waals surface area contributed by atoms with Crippen LogP contribution < -0.4 is 9.62 Å². The van der Waals surface area contributed by atoms with Gasteiger partial charge >= 0.3 is 10.2 Å². The average molecular weight is 489 g/mol. The molecule has 0 aliphatic carbocycles. The summed E-state index contributed by atoms with van der Waals surface area (Å²) in [7, 11) is -1.09. The second-order valence-corrected chi connectivity index (χ2v) is 10.3. The van der Waals surface area contributed by atoms with E-state index in [9.17, 15) is 18.0 Å². The number of unbranched alkanes of at least 4 members (excludes halogenated alkanes) is 1. The minimum atomic E-state index is -3.93. The molecule has 1 unspecified atom stereocenters. The molecule has 0 aromatic heterocycles. The number of carbonyl (C=O) groups is 2. The Labute approximate surface area is 203 Å². The summed E-state index contributed by atoms with van der Waals surface area (Å²) in [6.45, 7) is 4.12. The fourth-order valence-corrected chi connectivity index (χ4v) is 4.47. The zero-order valence-electron chi connectivity index (χ0n) is 20.5. The molecule has 0 fully saturated rings. The van der Waals surface area contributed by atoms with E-state index in [1.165, 1.54) is 19.0 Å². The van der Waals surface area contributed by atoms with Gasteiger partial charge in [-0.15, -0.1) is 0 Å². The molecule has 0 radical (unpaired) electrons. The number of carbonyl (C=O) groups excluding carboxylic acids is 2. The monoisotopic (exact) mass is 488 g/mol. The number of anilines is 1. The molecule has 1 N–H and O–H groups in total. The third kappa shape index (κ3) is 7.56. The first-order valence-corrected chi connectivity index (χ1v) is 12.9. The van der Waals surface area contributed by atoms with Crippen LogP contribution in [0.2, 0.25) is 0 Å². The van der Waals surface area contributed by atoms with E-state index in [1.54, 1.807) is 37.3 Å². The zero-order valence-corrected chi connectivity index (χ0v) is 21.3. The fourth-order valence-electron chi connectivity index (χ4n) is 3.42. The summed E-state index contributed by atoms with van der Waals surface area (Å²) in [5.41, 5.74) is 1.41. The van der Waals surface area contributed by atoms with Crippen LogP contribution >= 0.6 is 0 Å². The molecule has 1 atom stereocenters. The lowest BCUT2D eigenvalue weighted by atomic mass is 10.1. The van der Waals surface area contributed by atoms with Crippen molar-refractivity contribution in [2.45, 2.75) is 39.2 Å². The zero-order chi connectivity index (χ0) is 25.1. The molecule has 186 valence electrons. The van der Waals surface area contributed by atoms with Gasteiger partial charge in [0.05, 0.1) is 5.69 Å². The molecule has 2 aromatic carbocycles. The van der Waals surface area contributed by atoms with Gasteiger partial charge in [-0.05, 0) is 37.5 Å². The van der Waals surface area contributed by atoms with Crippen molar-refractivity contribution in [3.8, 4) is 0 Å². The largest absolute Gasteiger partial charge is 0.354 e. The molecular weight excluding hydrogens is 452 g/mol. The summed E-state index contributed by atoms with van der Waals surface area (Å²) in [5, 5.41) is 2.88. The molecular formula is C25H36N4O4S. The van der Waals surface area contributed by atoms with Crippen LogP contribution in [0.5, 0.6) is 0 Å². The van der Waals surface area contributed by atoms with E-state index >= 15 is 0 Å².